The first-order valence-corrected chi connectivity index (χ1v) is 7.76. The van der Waals surface area contributed by atoms with E-state index < -0.39 is 7.60 Å². The fourth-order valence-electron chi connectivity index (χ4n) is 1.25. The Balaban J connectivity index is 4.44. The van der Waals surface area contributed by atoms with Crippen LogP contribution in [0.1, 0.15) is 33.6 Å². The van der Waals surface area contributed by atoms with Gasteiger partial charge in [-0.25, -0.2) is 0 Å². The lowest BCUT2D eigenvalue weighted by molar-refractivity contribution is 0.276. The molecular formula is C8H20O3P2. The molecule has 0 aromatic carbocycles. The molecule has 0 radical (unpaired) electrons. The first kappa shape index (κ1) is 13.6. The van der Waals surface area contributed by atoms with Gasteiger partial charge < -0.3 is 4.52 Å². The first-order valence-electron chi connectivity index (χ1n) is 4.74. The van der Waals surface area contributed by atoms with Gasteiger partial charge >= 0.3 is 7.60 Å². The van der Waals surface area contributed by atoms with Crippen LogP contribution in [-0.2, 0) is 13.4 Å². The summed E-state index contributed by atoms with van der Waals surface area (Å²) in [6.45, 7) is 8.20. The molecule has 0 fully saturated rings. The smallest absolute Gasteiger partial charge is 0.309 e. The first-order chi connectivity index (χ1) is 6.14. The van der Waals surface area contributed by atoms with E-state index in [-0.39, 0.29) is 14.5 Å². The molecule has 0 amide bonds. The summed E-state index contributed by atoms with van der Waals surface area (Å²) in [5, 5.41) is 0. The van der Waals surface area contributed by atoms with Crippen molar-refractivity contribution in [2.45, 2.75) is 39.3 Å². The molecule has 0 aliphatic rings. The maximum Gasteiger partial charge on any atom is 0.336 e. The van der Waals surface area contributed by atoms with Crippen LogP contribution in [0.5, 0.6) is 0 Å². The average molecular weight is 226 g/mol. The molecule has 2 unspecified atom stereocenters. The van der Waals surface area contributed by atoms with Crippen LogP contribution < -0.4 is 0 Å². The Morgan fingerprint density at radius 3 is 2.15 bits per heavy atom. The summed E-state index contributed by atoms with van der Waals surface area (Å²) in [7, 11) is -2.59. The highest BCUT2D eigenvalue weighted by atomic mass is 31.2. The van der Waals surface area contributed by atoms with Crippen molar-refractivity contribution in [1.29, 1.82) is 0 Å². The summed E-state index contributed by atoms with van der Waals surface area (Å²) >= 11 is 0. The maximum atomic E-state index is 12.1. The van der Waals surface area contributed by atoms with E-state index in [4.69, 9.17) is 8.83 Å². The van der Waals surface area contributed by atoms with E-state index in [1.165, 1.54) is 0 Å². The van der Waals surface area contributed by atoms with Crippen LogP contribution >= 0.6 is 16.4 Å². The Hall–Kier alpha value is 0.580. The van der Waals surface area contributed by atoms with E-state index in [2.05, 4.69) is 0 Å². The summed E-state index contributed by atoms with van der Waals surface area (Å²) in [5.41, 5.74) is 0.0555. The third-order valence-electron chi connectivity index (χ3n) is 1.92. The lowest BCUT2D eigenvalue weighted by Crippen LogP contribution is -2.09. The quantitative estimate of drug-likeness (QED) is 0.621. The van der Waals surface area contributed by atoms with Crippen LogP contribution in [0.4, 0.5) is 0 Å². The van der Waals surface area contributed by atoms with Crippen LogP contribution in [0, 0.1) is 0 Å². The zero-order chi connectivity index (χ0) is 10.3. The van der Waals surface area contributed by atoms with Crippen LogP contribution in [0.25, 0.3) is 0 Å². The molecule has 80 valence electrons. The lowest BCUT2D eigenvalue weighted by atomic mass is 10.3. The highest BCUT2D eigenvalue weighted by Crippen LogP contribution is 2.58. The van der Waals surface area contributed by atoms with E-state index >= 15 is 0 Å². The van der Waals surface area contributed by atoms with Gasteiger partial charge in [0.2, 0.25) is 0 Å². The van der Waals surface area contributed by atoms with E-state index in [1.54, 1.807) is 0 Å². The third kappa shape index (κ3) is 4.08. The average Bonchev–Trinajstić information content (AvgIpc) is 2.07. The molecule has 0 aliphatic heterocycles. The predicted octanol–water partition coefficient (Wildman–Crippen LogP) is 3.64. The van der Waals surface area contributed by atoms with E-state index in [1.807, 2.05) is 27.4 Å². The lowest BCUT2D eigenvalue weighted by Gasteiger charge is -2.23. The van der Waals surface area contributed by atoms with Gasteiger partial charge in [0.1, 0.15) is 0 Å². The van der Waals surface area contributed by atoms with Crippen molar-refractivity contribution >= 4 is 16.4 Å². The van der Waals surface area contributed by atoms with E-state index in [0.717, 1.165) is 12.8 Å². The van der Waals surface area contributed by atoms with Crippen LogP contribution in [0.15, 0.2) is 0 Å². The second-order valence-corrected chi connectivity index (χ2v) is 5.93. The van der Waals surface area contributed by atoms with Crippen molar-refractivity contribution in [2.24, 2.45) is 0 Å². The normalized spacial score (nSPS) is 17.0. The van der Waals surface area contributed by atoms with Crippen LogP contribution in [0.2, 0.25) is 0 Å². The van der Waals surface area contributed by atoms with Gasteiger partial charge in [0, 0.05) is 8.81 Å². The van der Waals surface area contributed by atoms with Gasteiger partial charge in [-0.15, -0.1) is 0 Å². The summed E-state index contributed by atoms with van der Waals surface area (Å²) < 4.78 is 22.7. The molecule has 13 heavy (non-hydrogen) atoms. The fraction of sp³-hybridized carbons (Fsp3) is 1.00. The highest BCUT2D eigenvalue weighted by Gasteiger charge is 2.32. The molecule has 3 nitrogen and oxygen atoms in total. The van der Waals surface area contributed by atoms with Crippen molar-refractivity contribution in [1.82, 2.24) is 0 Å². The minimum Gasteiger partial charge on any atom is -0.309 e. The molecule has 0 N–H and O–H groups in total. The molecule has 0 rings (SSSR count). The Labute approximate surface area is 83.0 Å². The van der Waals surface area contributed by atoms with E-state index in [0.29, 0.717) is 6.61 Å². The fourth-order valence-corrected chi connectivity index (χ4v) is 4.54. The number of hydrogen-bond acceptors (Lipinski definition) is 3. The largest absolute Gasteiger partial charge is 0.336 e. The maximum absolute atomic E-state index is 12.1. The number of hydrogen-bond donors (Lipinski definition) is 0. The Morgan fingerprint density at radius 2 is 1.85 bits per heavy atom. The Kier molecular flexibility index (Phi) is 7.26. The van der Waals surface area contributed by atoms with Gasteiger partial charge in [0.05, 0.1) is 12.3 Å². The van der Waals surface area contributed by atoms with Gasteiger partial charge in [-0.1, -0.05) is 13.8 Å². The number of rotatable bonds is 7. The predicted molar refractivity (Wildman–Crippen MR) is 58.9 cm³/mol. The molecule has 0 aliphatic carbocycles. The summed E-state index contributed by atoms with van der Waals surface area (Å²) in [6, 6.07) is 0. The molecule has 0 saturated heterocycles. The molecular weight excluding hydrogens is 206 g/mol. The van der Waals surface area contributed by atoms with Crippen molar-refractivity contribution in [2.75, 3.05) is 13.3 Å². The minimum absolute atomic E-state index is 0.0555. The van der Waals surface area contributed by atoms with Crippen molar-refractivity contribution in [3.63, 3.8) is 0 Å². The van der Waals surface area contributed by atoms with Crippen molar-refractivity contribution < 1.29 is 13.4 Å². The molecule has 5 heteroatoms. The molecule has 0 bridgehead atoms. The minimum atomic E-state index is -2.82. The Morgan fingerprint density at radius 1 is 1.31 bits per heavy atom. The van der Waals surface area contributed by atoms with E-state index in [9.17, 15) is 4.57 Å². The summed E-state index contributed by atoms with van der Waals surface area (Å²) in [5.74, 6) is 0. The van der Waals surface area contributed by atoms with Crippen LogP contribution in [0.3, 0.4) is 0 Å². The highest BCUT2D eigenvalue weighted by molar-refractivity contribution is 7.60. The van der Waals surface area contributed by atoms with Gasteiger partial charge in [-0.3, -0.25) is 8.88 Å². The molecule has 0 aromatic rings. The monoisotopic (exact) mass is 226 g/mol. The molecule has 2 atom stereocenters. The SMILES string of the molecule is CCOP(=O)(OPC)C(CC)CC. The molecule has 0 saturated carbocycles. The van der Waals surface area contributed by atoms with Gasteiger partial charge in [-0.05, 0) is 26.4 Å². The standard InChI is InChI=1S/C8H20O3P2/c1-5-8(6-2)13(9,10-7-3)11-12-4/h8,12H,5-7H2,1-4H3. The van der Waals surface area contributed by atoms with Crippen LogP contribution in [-0.4, -0.2) is 18.9 Å². The molecule has 0 heterocycles. The second-order valence-electron chi connectivity index (χ2n) is 2.72. The Bertz CT molecular complexity index is 159. The second kappa shape index (κ2) is 6.95. The summed E-state index contributed by atoms with van der Waals surface area (Å²) in [4.78, 5) is 0. The van der Waals surface area contributed by atoms with Crippen molar-refractivity contribution in [3.05, 3.63) is 0 Å². The zero-order valence-electron chi connectivity index (χ0n) is 8.87. The van der Waals surface area contributed by atoms with Gasteiger partial charge in [-0.2, -0.15) is 0 Å². The van der Waals surface area contributed by atoms with Gasteiger partial charge in [0.15, 0.2) is 0 Å². The topological polar surface area (TPSA) is 35.5 Å². The van der Waals surface area contributed by atoms with Gasteiger partial charge in [0.25, 0.3) is 0 Å². The summed E-state index contributed by atoms with van der Waals surface area (Å²) in [6.07, 6.45) is 1.69. The molecule has 0 aromatic heterocycles. The third-order valence-corrected chi connectivity index (χ3v) is 5.91. The van der Waals surface area contributed by atoms with Crippen molar-refractivity contribution in [3.8, 4) is 0 Å². The molecule has 0 spiro atoms. The zero-order valence-corrected chi connectivity index (χ0v) is 10.8.